The third-order valence-corrected chi connectivity index (χ3v) is 2.67. The van der Waals surface area contributed by atoms with Crippen LogP contribution in [0.4, 0.5) is 5.69 Å². The molecule has 4 heteroatoms. The van der Waals surface area contributed by atoms with E-state index < -0.39 is 0 Å². The molecule has 0 radical (unpaired) electrons. The molecule has 2 rings (SSSR count). The number of nitrogens with zero attached hydrogens (tertiary/aromatic N) is 2. The Morgan fingerprint density at radius 1 is 1.28 bits per heavy atom. The summed E-state index contributed by atoms with van der Waals surface area (Å²) in [4.78, 5) is 4.38. The number of hydrogen-bond donors (Lipinski definition) is 1. The highest BCUT2D eigenvalue weighted by Gasteiger charge is 2.05. The molecule has 0 aliphatic carbocycles. The highest BCUT2D eigenvalue weighted by Crippen LogP contribution is 2.18. The maximum absolute atomic E-state index is 5.68. The van der Waals surface area contributed by atoms with Gasteiger partial charge in [-0.05, 0) is 38.1 Å². The Morgan fingerprint density at radius 3 is 2.67 bits per heavy atom. The summed E-state index contributed by atoms with van der Waals surface area (Å²) in [5, 5.41) is 0. The molecule has 1 heterocycles. The summed E-state index contributed by atoms with van der Waals surface area (Å²) in [5.74, 6) is 0.947. The lowest BCUT2D eigenvalue weighted by Gasteiger charge is -2.10. The monoisotopic (exact) mass is 245 g/mol. The fourth-order valence-corrected chi connectivity index (χ4v) is 1.77. The lowest BCUT2D eigenvalue weighted by atomic mass is 10.2. The molecule has 2 N–H and O–H groups in total. The Bertz CT molecular complexity index is 488. The van der Waals surface area contributed by atoms with Gasteiger partial charge in [0.15, 0.2) is 0 Å². The van der Waals surface area contributed by atoms with E-state index in [9.17, 15) is 0 Å². The van der Waals surface area contributed by atoms with Crippen molar-refractivity contribution in [3.63, 3.8) is 0 Å². The van der Waals surface area contributed by atoms with Crippen LogP contribution in [0.5, 0.6) is 0 Å². The Labute approximate surface area is 107 Å². The van der Waals surface area contributed by atoms with Crippen molar-refractivity contribution in [1.29, 1.82) is 0 Å². The number of ether oxygens (including phenoxy) is 1. The predicted molar refractivity (Wildman–Crippen MR) is 73.2 cm³/mol. The second-order valence-corrected chi connectivity index (χ2v) is 4.49. The van der Waals surface area contributed by atoms with E-state index in [1.165, 1.54) is 0 Å². The van der Waals surface area contributed by atoms with E-state index in [1.54, 1.807) is 6.20 Å². The van der Waals surface area contributed by atoms with Crippen molar-refractivity contribution in [1.82, 2.24) is 9.55 Å². The van der Waals surface area contributed by atoms with Gasteiger partial charge < -0.3 is 15.0 Å². The fraction of sp³-hybridized carbons (Fsp3) is 0.357. The molecule has 0 atom stereocenters. The lowest BCUT2D eigenvalue weighted by molar-refractivity contribution is 0.0729. The van der Waals surface area contributed by atoms with Crippen molar-refractivity contribution in [2.24, 2.45) is 0 Å². The van der Waals surface area contributed by atoms with Gasteiger partial charge in [-0.3, -0.25) is 0 Å². The smallest absolute Gasteiger partial charge is 0.139 e. The van der Waals surface area contributed by atoms with Crippen LogP contribution in [-0.4, -0.2) is 22.3 Å². The van der Waals surface area contributed by atoms with Crippen LogP contribution < -0.4 is 5.73 Å². The molecular weight excluding hydrogens is 226 g/mol. The van der Waals surface area contributed by atoms with Crippen LogP contribution in [0.15, 0.2) is 36.7 Å². The van der Waals surface area contributed by atoms with Crippen LogP contribution in [0.2, 0.25) is 0 Å². The number of imidazole rings is 1. The van der Waals surface area contributed by atoms with E-state index in [-0.39, 0.29) is 6.10 Å². The number of aromatic nitrogens is 2. The van der Waals surface area contributed by atoms with Crippen molar-refractivity contribution in [2.75, 3.05) is 12.3 Å². The first kappa shape index (κ1) is 12.6. The zero-order valence-electron chi connectivity index (χ0n) is 10.8. The quantitative estimate of drug-likeness (QED) is 0.824. The van der Waals surface area contributed by atoms with Crippen LogP contribution in [0.1, 0.15) is 13.8 Å². The highest BCUT2D eigenvalue weighted by atomic mass is 16.5. The van der Waals surface area contributed by atoms with Crippen LogP contribution in [0.25, 0.3) is 11.4 Å². The molecule has 1 aromatic heterocycles. The van der Waals surface area contributed by atoms with Crippen LogP contribution in [-0.2, 0) is 11.3 Å². The Morgan fingerprint density at radius 2 is 2.00 bits per heavy atom. The van der Waals surface area contributed by atoms with E-state index in [0.717, 1.165) is 23.6 Å². The number of nitrogen functional groups attached to an aromatic ring is 1. The molecule has 4 nitrogen and oxygen atoms in total. The van der Waals surface area contributed by atoms with E-state index in [0.29, 0.717) is 6.61 Å². The average molecular weight is 245 g/mol. The molecule has 0 fully saturated rings. The van der Waals surface area contributed by atoms with Crippen molar-refractivity contribution >= 4 is 5.69 Å². The summed E-state index contributed by atoms with van der Waals surface area (Å²) in [6, 6.07) is 7.74. The number of benzene rings is 1. The molecule has 2 aromatic rings. The molecule has 0 spiro atoms. The van der Waals surface area contributed by atoms with Crippen LogP contribution in [0.3, 0.4) is 0 Å². The molecule has 18 heavy (non-hydrogen) atoms. The summed E-state index contributed by atoms with van der Waals surface area (Å²) in [6.07, 6.45) is 4.03. The van der Waals surface area contributed by atoms with Crippen LogP contribution >= 0.6 is 0 Å². The van der Waals surface area contributed by atoms with Gasteiger partial charge in [-0.25, -0.2) is 4.98 Å². The molecule has 0 aliphatic heterocycles. The molecule has 96 valence electrons. The standard InChI is InChI=1S/C14H19N3O/c1-11(2)18-10-9-17-8-7-16-14(17)12-3-5-13(15)6-4-12/h3-8,11H,9-10,15H2,1-2H3. The molecular formula is C14H19N3O. The first-order valence-electron chi connectivity index (χ1n) is 6.15. The molecule has 0 bridgehead atoms. The Kier molecular flexibility index (Phi) is 3.99. The van der Waals surface area contributed by atoms with Gasteiger partial charge in [-0.15, -0.1) is 0 Å². The van der Waals surface area contributed by atoms with Crippen molar-refractivity contribution in [3.05, 3.63) is 36.7 Å². The molecule has 0 amide bonds. The molecule has 0 aliphatic rings. The highest BCUT2D eigenvalue weighted by molar-refractivity contribution is 5.59. The van der Waals surface area contributed by atoms with Gasteiger partial charge >= 0.3 is 0 Å². The number of rotatable bonds is 5. The van der Waals surface area contributed by atoms with E-state index >= 15 is 0 Å². The SMILES string of the molecule is CC(C)OCCn1ccnc1-c1ccc(N)cc1. The summed E-state index contributed by atoms with van der Waals surface area (Å²) in [7, 11) is 0. The minimum Gasteiger partial charge on any atom is -0.399 e. The zero-order valence-corrected chi connectivity index (χ0v) is 10.8. The summed E-state index contributed by atoms with van der Waals surface area (Å²) in [5.41, 5.74) is 7.52. The van der Waals surface area contributed by atoms with Crippen LogP contribution in [0, 0.1) is 0 Å². The largest absolute Gasteiger partial charge is 0.399 e. The number of hydrogen-bond acceptors (Lipinski definition) is 3. The van der Waals surface area contributed by atoms with Gasteiger partial charge in [0.05, 0.1) is 12.7 Å². The summed E-state index contributed by atoms with van der Waals surface area (Å²) >= 11 is 0. The maximum Gasteiger partial charge on any atom is 0.139 e. The lowest BCUT2D eigenvalue weighted by Crippen LogP contribution is -2.10. The molecule has 1 aromatic carbocycles. The maximum atomic E-state index is 5.68. The van der Waals surface area contributed by atoms with Gasteiger partial charge in [-0.1, -0.05) is 0 Å². The number of anilines is 1. The van der Waals surface area contributed by atoms with Gasteiger partial charge in [0.1, 0.15) is 5.82 Å². The van der Waals surface area contributed by atoms with E-state index in [1.807, 2.05) is 44.3 Å². The van der Waals surface area contributed by atoms with Gasteiger partial charge in [0.2, 0.25) is 0 Å². The topological polar surface area (TPSA) is 53.1 Å². The molecule has 0 unspecified atom stereocenters. The predicted octanol–water partition coefficient (Wildman–Crippen LogP) is 2.56. The van der Waals surface area contributed by atoms with E-state index in [2.05, 4.69) is 9.55 Å². The Balaban J connectivity index is 2.10. The van der Waals surface area contributed by atoms with Crippen molar-refractivity contribution in [3.8, 4) is 11.4 Å². The number of nitrogens with two attached hydrogens (primary N) is 1. The third-order valence-electron chi connectivity index (χ3n) is 2.67. The first-order chi connectivity index (χ1) is 8.66. The van der Waals surface area contributed by atoms with E-state index in [4.69, 9.17) is 10.5 Å². The van der Waals surface area contributed by atoms with Gasteiger partial charge in [0.25, 0.3) is 0 Å². The molecule has 0 saturated carbocycles. The average Bonchev–Trinajstić information content (AvgIpc) is 2.78. The fourth-order valence-electron chi connectivity index (χ4n) is 1.77. The second-order valence-electron chi connectivity index (χ2n) is 4.49. The molecule has 0 saturated heterocycles. The minimum absolute atomic E-state index is 0.258. The normalized spacial score (nSPS) is 11.1. The zero-order chi connectivity index (χ0) is 13.0. The van der Waals surface area contributed by atoms with Crippen molar-refractivity contribution < 1.29 is 4.74 Å². The van der Waals surface area contributed by atoms with Gasteiger partial charge in [-0.2, -0.15) is 0 Å². The first-order valence-corrected chi connectivity index (χ1v) is 6.15. The third kappa shape index (κ3) is 3.11. The summed E-state index contributed by atoms with van der Waals surface area (Å²) < 4.78 is 7.65. The van der Waals surface area contributed by atoms with Gasteiger partial charge in [0, 0.05) is 30.2 Å². The van der Waals surface area contributed by atoms with Crippen molar-refractivity contribution in [2.45, 2.75) is 26.5 Å². The summed E-state index contributed by atoms with van der Waals surface area (Å²) in [6.45, 7) is 5.57. The Hall–Kier alpha value is -1.81. The minimum atomic E-state index is 0.258. The second kappa shape index (κ2) is 5.69.